The number of ether oxygens (including phenoxy) is 2. The molecule has 0 aromatic rings. The van der Waals surface area contributed by atoms with E-state index in [-0.39, 0.29) is 31.8 Å². The normalized spacial score (nSPS) is 13.7. The maximum atomic E-state index is 12.8. The lowest BCUT2D eigenvalue weighted by Crippen LogP contribution is -2.49. The third-order valence-corrected chi connectivity index (χ3v) is 10.2. The van der Waals surface area contributed by atoms with Gasteiger partial charge in [0.2, 0.25) is 0 Å². The Morgan fingerprint density at radius 1 is 0.592 bits per heavy atom. The molecule has 2 atom stereocenters. The van der Waals surface area contributed by atoms with Crippen LogP contribution in [0.3, 0.4) is 0 Å². The van der Waals surface area contributed by atoms with Crippen molar-refractivity contribution in [3.8, 4) is 0 Å². The average Bonchev–Trinajstić information content (AvgIpc) is 3.04. The molecule has 1 N–H and O–H groups in total. The highest BCUT2D eigenvalue weighted by atomic mass is 31.2. The zero-order valence-corrected chi connectivity index (χ0v) is 33.6. The molecule has 0 spiro atoms. The van der Waals surface area contributed by atoms with Crippen LogP contribution in [0.25, 0.3) is 0 Å². The second-order valence-electron chi connectivity index (χ2n) is 14.6. The number of nitrogens with zero attached hydrogens (tertiary/aromatic N) is 1. The molecule has 0 rings (SSSR count). The molecule has 292 valence electrons. The largest absolute Gasteiger partial charge is 0.472 e. The Morgan fingerprint density at radius 2 is 0.980 bits per heavy atom. The van der Waals surface area contributed by atoms with Gasteiger partial charge in [0.15, 0.2) is 6.10 Å². The van der Waals surface area contributed by atoms with Crippen LogP contribution < -0.4 is 0 Å². The lowest BCUT2D eigenvalue weighted by molar-refractivity contribution is -0.893. The second-order valence-corrected chi connectivity index (χ2v) is 16.1. The molecular formula is C39H79NO8P+. The third kappa shape index (κ3) is 33.9. The number of phosphoric ester groups is 1. The van der Waals surface area contributed by atoms with Crippen molar-refractivity contribution in [1.29, 1.82) is 0 Å². The number of esters is 2. The van der Waals surface area contributed by atoms with Crippen molar-refractivity contribution in [2.45, 2.75) is 194 Å². The molecule has 0 radical (unpaired) electrons. The topological polar surface area (TPSA) is 108 Å². The number of quaternary nitrogens is 1. The number of carbonyl (C=O) groups excluding carboxylic acids is 2. The Morgan fingerprint density at radius 3 is 1.39 bits per heavy atom. The Hall–Kier alpha value is -0.990. The van der Waals surface area contributed by atoms with Gasteiger partial charge in [-0.15, -0.1) is 0 Å². The van der Waals surface area contributed by atoms with E-state index in [1.54, 1.807) is 6.92 Å². The molecule has 0 amide bonds. The number of carbonyl (C=O) groups is 2. The average molecular weight is 721 g/mol. The molecule has 0 saturated heterocycles. The van der Waals surface area contributed by atoms with Crippen LogP contribution in [-0.2, 0) is 32.7 Å². The summed E-state index contributed by atoms with van der Waals surface area (Å²) in [5.74, 6) is -0.540. The Kier molecular flexibility index (Phi) is 32.2. The summed E-state index contributed by atoms with van der Waals surface area (Å²) in [5, 5.41) is 0. The first kappa shape index (κ1) is 48.0. The summed E-state index contributed by atoms with van der Waals surface area (Å²) < 4.78 is 33.5. The van der Waals surface area contributed by atoms with Crippen molar-refractivity contribution in [3.05, 3.63) is 0 Å². The van der Waals surface area contributed by atoms with Gasteiger partial charge < -0.3 is 18.9 Å². The molecule has 2 unspecified atom stereocenters. The van der Waals surface area contributed by atoms with Gasteiger partial charge in [-0.2, -0.15) is 0 Å². The minimum absolute atomic E-state index is 0.000945. The molecule has 0 aromatic heterocycles. The van der Waals surface area contributed by atoms with E-state index in [4.69, 9.17) is 18.5 Å². The molecule has 49 heavy (non-hydrogen) atoms. The van der Waals surface area contributed by atoms with Crippen molar-refractivity contribution in [3.63, 3.8) is 0 Å². The van der Waals surface area contributed by atoms with Crippen LogP contribution >= 0.6 is 7.82 Å². The number of hydrogen-bond donors (Lipinski definition) is 1. The van der Waals surface area contributed by atoms with Crippen molar-refractivity contribution in [2.75, 3.05) is 47.0 Å². The SMILES string of the molecule is CCCCCCCCCCCCCCCC(=O)OC(COC(=O)CCCCCCCCCCCCC)C[N+](C)(C)CCOP(=O)(O)OCC. The van der Waals surface area contributed by atoms with Crippen LogP contribution in [-0.4, -0.2) is 74.4 Å². The summed E-state index contributed by atoms with van der Waals surface area (Å²) >= 11 is 0. The Bertz CT molecular complexity index is 825. The number of hydrogen-bond acceptors (Lipinski definition) is 7. The summed E-state index contributed by atoms with van der Waals surface area (Å²) in [6, 6.07) is 0. The first-order valence-electron chi connectivity index (χ1n) is 20.3. The maximum absolute atomic E-state index is 12.8. The second kappa shape index (κ2) is 32.9. The molecule has 0 saturated carbocycles. The van der Waals surface area contributed by atoms with Crippen molar-refractivity contribution < 1.29 is 42.1 Å². The van der Waals surface area contributed by atoms with Gasteiger partial charge in [0.1, 0.15) is 26.3 Å². The molecule has 9 nitrogen and oxygen atoms in total. The quantitative estimate of drug-likeness (QED) is 0.0292. The monoisotopic (exact) mass is 721 g/mol. The van der Waals surface area contributed by atoms with E-state index in [1.165, 1.54) is 116 Å². The predicted molar refractivity (Wildman–Crippen MR) is 201 cm³/mol. The minimum atomic E-state index is -4.09. The van der Waals surface area contributed by atoms with Gasteiger partial charge >= 0.3 is 19.8 Å². The molecule has 0 aromatic carbocycles. The van der Waals surface area contributed by atoms with E-state index >= 15 is 0 Å². The van der Waals surface area contributed by atoms with E-state index in [2.05, 4.69) is 13.8 Å². The molecule has 0 bridgehead atoms. The smallest absolute Gasteiger partial charge is 0.461 e. The van der Waals surface area contributed by atoms with Gasteiger partial charge in [-0.3, -0.25) is 18.6 Å². The van der Waals surface area contributed by atoms with Gasteiger partial charge in [0.25, 0.3) is 0 Å². The fraction of sp³-hybridized carbons (Fsp3) is 0.949. The van der Waals surface area contributed by atoms with Crippen LogP contribution in [0.5, 0.6) is 0 Å². The van der Waals surface area contributed by atoms with Gasteiger partial charge in [-0.1, -0.05) is 155 Å². The molecule has 0 aliphatic heterocycles. The zero-order chi connectivity index (χ0) is 36.5. The van der Waals surface area contributed by atoms with Gasteiger partial charge in [0.05, 0.1) is 20.7 Å². The lowest BCUT2D eigenvalue weighted by Gasteiger charge is -2.33. The highest BCUT2D eigenvalue weighted by Gasteiger charge is 2.28. The van der Waals surface area contributed by atoms with E-state index in [9.17, 15) is 19.0 Å². The molecule has 0 aliphatic rings. The van der Waals surface area contributed by atoms with Crippen LogP contribution in [0, 0.1) is 0 Å². The van der Waals surface area contributed by atoms with E-state index in [1.807, 2.05) is 14.1 Å². The van der Waals surface area contributed by atoms with Gasteiger partial charge in [-0.05, 0) is 19.8 Å². The molecule has 0 heterocycles. The number of rotatable bonds is 37. The molecular weight excluding hydrogens is 641 g/mol. The predicted octanol–water partition coefficient (Wildman–Crippen LogP) is 10.9. The molecule has 0 fully saturated rings. The maximum Gasteiger partial charge on any atom is 0.472 e. The Balaban J connectivity index is 4.51. The number of phosphoric acid groups is 1. The number of likely N-dealkylation sites (N-methyl/N-ethyl adjacent to an activating group) is 1. The lowest BCUT2D eigenvalue weighted by atomic mass is 10.0. The molecule has 10 heteroatoms. The van der Waals surface area contributed by atoms with Gasteiger partial charge in [0, 0.05) is 12.8 Å². The van der Waals surface area contributed by atoms with Crippen molar-refractivity contribution in [2.24, 2.45) is 0 Å². The van der Waals surface area contributed by atoms with Crippen LogP contribution in [0.15, 0.2) is 0 Å². The van der Waals surface area contributed by atoms with E-state index in [0.717, 1.165) is 38.5 Å². The third-order valence-electron chi connectivity index (χ3n) is 9.14. The first-order valence-corrected chi connectivity index (χ1v) is 21.8. The highest BCUT2D eigenvalue weighted by Crippen LogP contribution is 2.42. The summed E-state index contributed by atoms with van der Waals surface area (Å²) in [4.78, 5) is 35.1. The van der Waals surface area contributed by atoms with Crippen molar-refractivity contribution in [1.82, 2.24) is 0 Å². The summed E-state index contributed by atoms with van der Waals surface area (Å²) in [7, 11) is -0.241. The summed E-state index contributed by atoms with van der Waals surface area (Å²) in [6.45, 7) is 6.97. The fourth-order valence-corrected chi connectivity index (χ4v) is 6.81. The van der Waals surface area contributed by atoms with Gasteiger partial charge in [-0.25, -0.2) is 4.57 Å². The van der Waals surface area contributed by atoms with Crippen LogP contribution in [0.2, 0.25) is 0 Å². The van der Waals surface area contributed by atoms with Crippen molar-refractivity contribution >= 4 is 19.8 Å². The minimum Gasteiger partial charge on any atom is -0.461 e. The summed E-state index contributed by atoms with van der Waals surface area (Å²) in [5.41, 5.74) is 0. The number of unbranched alkanes of at least 4 members (excludes halogenated alkanes) is 22. The highest BCUT2D eigenvalue weighted by molar-refractivity contribution is 7.47. The van der Waals surface area contributed by atoms with E-state index < -0.39 is 13.9 Å². The summed E-state index contributed by atoms with van der Waals surface area (Å²) in [6.07, 6.45) is 29.6. The van der Waals surface area contributed by atoms with Crippen LogP contribution in [0.1, 0.15) is 188 Å². The standard InChI is InChI=1S/C39H78NO8P/c1-6-9-11-13-15-17-19-20-22-24-26-28-30-32-39(42)48-37(35-40(4,5)33-34-47-49(43,44)46-8-3)36-45-38(41)31-29-27-25-23-21-18-16-14-12-10-7-2/h37H,6-36H2,1-5H3/p+1. The Labute approximate surface area is 302 Å². The van der Waals surface area contributed by atoms with Crippen LogP contribution in [0.4, 0.5) is 0 Å². The molecule has 0 aliphatic carbocycles. The zero-order valence-electron chi connectivity index (χ0n) is 32.7. The fourth-order valence-electron chi connectivity index (χ4n) is 6.09. The first-order chi connectivity index (χ1) is 23.5. The van der Waals surface area contributed by atoms with E-state index in [0.29, 0.717) is 30.4 Å².